The van der Waals surface area contributed by atoms with E-state index in [-0.39, 0.29) is 22.7 Å². The number of amides is 3. The highest BCUT2D eigenvalue weighted by atomic mass is 32.2. The van der Waals surface area contributed by atoms with Gasteiger partial charge in [-0.2, -0.15) is 0 Å². The van der Waals surface area contributed by atoms with Crippen molar-refractivity contribution >= 4 is 50.0 Å². The lowest BCUT2D eigenvalue weighted by molar-refractivity contribution is -0.141. The zero-order valence-corrected chi connectivity index (χ0v) is 21.1. The summed E-state index contributed by atoms with van der Waals surface area (Å²) >= 11 is 0. The molecule has 5 rings (SSSR count). The maximum atomic E-state index is 13.7. The number of nitrogens with zero attached hydrogens (tertiary/aromatic N) is 2. The molecule has 38 heavy (non-hydrogen) atoms. The minimum absolute atomic E-state index is 0.0114. The molecule has 0 saturated carbocycles. The maximum Gasteiger partial charge on any atom is 0.308 e. The van der Waals surface area contributed by atoms with Crippen molar-refractivity contribution in [2.75, 3.05) is 17.2 Å². The van der Waals surface area contributed by atoms with Crippen LogP contribution in [0.5, 0.6) is 0 Å². The predicted octanol–water partition coefficient (Wildman–Crippen LogP) is 0.974. The number of carbonyl (C=O) groups is 4. The first kappa shape index (κ1) is 25.3. The number of hydrogen-bond donors (Lipinski definition) is 2. The van der Waals surface area contributed by atoms with Crippen LogP contribution in [-0.4, -0.2) is 67.6 Å². The van der Waals surface area contributed by atoms with Crippen molar-refractivity contribution in [1.29, 1.82) is 0 Å². The number of sulfone groups is 1. The quantitative estimate of drug-likeness (QED) is 0.458. The largest absolute Gasteiger partial charge is 0.460 e. The van der Waals surface area contributed by atoms with Crippen LogP contribution in [0.3, 0.4) is 0 Å². The molecule has 2 aliphatic heterocycles. The zero-order valence-electron chi connectivity index (χ0n) is 20.3. The standard InChI is InChI=1S/C26H24N4O7S/c1-15-18(12-23(32)37-15)28-22(31)13-30-20-8-4-5-9-21(20)38(35,36)14-19(26(30)34)29-25(33)24-17-7-3-2-6-16(17)10-11-27-24/h2-11,15,18-19H,12-14H2,1H3,(H,28,31)(H,29,33)/t15?,18-,19-/m0/s1. The molecule has 0 bridgehead atoms. The van der Waals surface area contributed by atoms with Crippen LogP contribution in [0.15, 0.2) is 65.7 Å². The van der Waals surface area contributed by atoms with Gasteiger partial charge in [0.05, 0.1) is 28.8 Å². The highest BCUT2D eigenvalue weighted by Crippen LogP contribution is 2.30. The number of rotatable bonds is 5. The number of nitrogens with one attached hydrogen (secondary N) is 2. The Bertz CT molecular complexity index is 1570. The molecule has 1 unspecified atom stereocenters. The highest BCUT2D eigenvalue weighted by Gasteiger charge is 2.40. The van der Waals surface area contributed by atoms with E-state index in [1.807, 2.05) is 0 Å². The van der Waals surface area contributed by atoms with Crippen molar-refractivity contribution in [2.24, 2.45) is 0 Å². The fourth-order valence-electron chi connectivity index (χ4n) is 4.67. The SMILES string of the molecule is CC1OC(=O)C[C@@H]1NC(=O)CN1C(=O)[C@@H](NC(=O)c2nccc3ccccc23)CS(=O)(=O)c2ccccc21. The third kappa shape index (κ3) is 4.82. The van der Waals surface area contributed by atoms with Gasteiger partial charge in [0.1, 0.15) is 24.4 Å². The van der Waals surface area contributed by atoms with Gasteiger partial charge in [0, 0.05) is 11.6 Å². The summed E-state index contributed by atoms with van der Waals surface area (Å²) in [6, 6.07) is 12.6. The second-order valence-electron chi connectivity index (χ2n) is 9.15. The zero-order chi connectivity index (χ0) is 27.0. The summed E-state index contributed by atoms with van der Waals surface area (Å²) in [5.74, 6) is -3.24. The molecule has 0 aliphatic carbocycles. The predicted molar refractivity (Wildman–Crippen MR) is 136 cm³/mol. The summed E-state index contributed by atoms with van der Waals surface area (Å²) in [6.45, 7) is 1.11. The molecule has 196 valence electrons. The molecule has 12 heteroatoms. The number of carbonyl (C=O) groups excluding carboxylic acids is 4. The van der Waals surface area contributed by atoms with Gasteiger partial charge in [0.2, 0.25) is 5.91 Å². The molecule has 3 atom stereocenters. The van der Waals surface area contributed by atoms with Gasteiger partial charge in [-0.1, -0.05) is 36.4 Å². The number of benzene rings is 2. The van der Waals surface area contributed by atoms with Crippen LogP contribution in [0, 0.1) is 0 Å². The van der Waals surface area contributed by atoms with E-state index in [4.69, 9.17) is 4.74 Å². The number of para-hydroxylation sites is 1. The van der Waals surface area contributed by atoms with E-state index in [0.717, 1.165) is 10.3 Å². The van der Waals surface area contributed by atoms with Crippen molar-refractivity contribution in [1.82, 2.24) is 15.6 Å². The van der Waals surface area contributed by atoms with Crippen LogP contribution in [0.1, 0.15) is 23.8 Å². The fourth-order valence-corrected chi connectivity index (χ4v) is 6.30. The third-order valence-corrected chi connectivity index (χ3v) is 8.34. The lowest BCUT2D eigenvalue weighted by atomic mass is 10.1. The number of ether oxygens (including phenoxy) is 1. The molecule has 3 heterocycles. The van der Waals surface area contributed by atoms with Gasteiger partial charge in [-0.3, -0.25) is 29.1 Å². The fraction of sp³-hybridized carbons (Fsp3) is 0.269. The van der Waals surface area contributed by atoms with Gasteiger partial charge in [0.15, 0.2) is 9.84 Å². The summed E-state index contributed by atoms with van der Waals surface area (Å²) in [4.78, 5) is 56.5. The van der Waals surface area contributed by atoms with E-state index in [0.29, 0.717) is 5.39 Å². The van der Waals surface area contributed by atoms with E-state index >= 15 is 0 Å². The van der Waals surface area contributed by atoms with Gasteiger partial charge >= 0.3 is 5.97 Å². The van der Waals surface area contributed by atoms with E-state index < -0.39 is 64.0 Å². The lowest BCUT2D eigenvalue weighted by Gasteiger charge is -2.26. The summed E-state index contributed by atoms with van der Waals surface area (Å²) in [5, 5.41) is 6.50. The van der Waals surface area contributed by atoms with Crippen LogP contribution < -0.4 is 15.5 Å². The molecule has 1 fully saturated rings. The first-order chi connectivity index (χ1) is 18.1. The van der Waals surface area contributed by atoms with E-state index in [2.05, 4.69) is 15.6 Å². The molecule has 1 aromatic heterocycles. The highest BCUT2D eigenvalue weighted by molar-refractivity contribution is 7.91. The average molecular weight is 537 g/mol. The molecule has 3 aromatic rings. The van der Waals surface area contributed by atoms with E-state index in [1.165, 1.54) is 24.4 Å². The van der Waals surface area contributed by atoms with E-state index in [9.17, 15) is 27.6 Å². The molecule has 2 aromatic carbocycles. The van der Waals surface area contributed by atoms with Crippen LogP contribution in [0.25, 0.3) is 10.8 Å². The molecule has 0 spiro atoms. The number of fused-ring (bicyclic) bond motifs is 2. The molecule has 2 N–H and O–H groups in total. The van der Waals surface area contributed by atoms with Crippen molar-refractivity contribution in [3.05, 3.63) is 66.5 Å². The number of anilines is 1. The number of hydrogen-bond acceptors (Lipinski definition) is 8. The van der Waals surface area contributed by atoms with Gasteiger partial charge in [-0.25, -0.2) is 8.42 Å². The Morgan fingerprint density at radius 1 is 1.05 bits per heavy atom. The van der Waals surface area contributed by atoms with Gasteiger partial charge in [-0.15, -0.1) is 0 Å². The first-order valence-electron chi connectivity index (χ1n) is 11.9. The number of cyclic esters (lactones) is 1. The van der Waals surface area contributed by atoms with Crippen LogP contribution in [0.4, 0.5) is 5.69 Å². The Hall–Kier alpha value is -4.32. The second kappa shape index (κ2) is 9.86. The van der Waals surface area contributed by atoms with Crippen LogP contribution in [0.2, 0.25) is 0 Å². The first-order valence-corrected chi connectivity index (χ1v) is 13.6. The molecule has 2 aliphatic rings. The maximum absolute atomic E-state index is 13.7. The molecular weight excluding hydrogens is 512 g/mol. The van der Waals surface area contributed by atoms with Crippen molar-refractivity contribution in [2.45, 2.75) is 36.4 Å². The molecule has 3 amide bonds. The number of esters is 1. The van der Waals surface area contributed by atoms with Crippen molar-refractivity contribution < 1.29 is 32.3 Å². The summed E-state index contributed by atoms with van der Waals surface area (Å²) < 4.78 is 31.6. The molecule has 0 radical (unpaired) electrons. The Labute approximate surface area is 218 Å². The summed E-state index contributed by atoms with van der Waals surface area (Å²) in [5.41, 5.74) is 0.0683. The Kier molecular flexibility index (Phi) is 6.57. The summed E-state index contributed by atoms with van der Waals surface area (Å²) in [7, 11) is -4.03. The van der Waals surface area contributed by atoms with Gasteiger partial charge in [0.25, 0.3) is 11.8 Å². The second-order valence-corrected chi connectivity index (χ2v) is 11.2. The Morgan fingerprint density at radius 3 is 2.55 bits per heavy atom. The lowest BCUT2D eigenvalue weighted by Crippen LogP contribution is -2.53. The smallest absolute Gasteiger partial charge is 0.308 e. The minimum Gasteiger partial charge on any atom is -0.460 e. The van der Waals surface area contributed by atoms with Gasteiger partial charge < -0.3 is 15.4 Å². The van der Waals surface area contributed by atoms with E-state index in [1.54, 1.807) is 43.3 Å². The normalized spacial score (nSPS) is 22.3. The number of aromatic nitrogens is 1. The van der Waals surface area contributed by atoms with Crippen LogP contribution >= 0.6 is 0 Å². The Balaban J connectivity index is 1.45. The monoisotopic (exact) mass is 536 g/mol. The third-order valence-electron chi connectivity index (χ3n) is 6.55. The molecule has 1 saturated heterocycles. The van der Waals surface area contributed by atoms with Crippen molar-refractivity contribution in [3.63, 3.8) is 0 Å². The molecular formula is C26H24N4O7S. The minimum atomic E-state index is -4.03. The Morgan fingerprint density at radius 2 is 1.79 bits per heavy atom. The van der Waals surface area contributed by atoms with Gasteiger partial charge in [-0.05, 0) is 30.5 Å². The average Bonchev–Trinajstić information content (AvgIpc) is 3.18. The van der Waals surface area contributed by atoms with Crippen LogP contribution in [-0.2, 0) is 29.0 Å². The number of pyridine rings is 1. The molecule has 11 nitrogen and oxygen atoms in total. The van der Waals surface area contributed by atoms with Crippen molar-refractivity contribution in [3.8, 4) is 0 Å². The summed E-state index contributed by atoms with van der Waals surface area (Å²) in [6.07, 6.45) is 0.898. The topological polar surface area (TPSA) is 152 Å².